The van der Waals surface area contributed by atoms with Gasteiger partial charge >= 0.3 is 0 Å². The van der Waals surface area contributed by atoms with E-state index in [0.29, 0.717) is 18.0 Å². The number of hydrogen-bond acceptors (Lipinski definition) is 3. The number of aromatic nitrogens is 3. The summed E-state index contributed by atoms with van der Waals surface area (Å²) >= 11 is 0. The summed E-state index contributed by atoms with van der Waals surface area (Å²) in [4.78, 5) is 12.8. The van der Waals surface area contributed by atoms with Crippen molar-refractivity contribution >= 4 is 12.4 Å². The third-order valence-corrected chi connectivity index (χ3v) is 4.98. The number of halogens is 1. The highest BCUT2D eigenvalue weighted by Gasteiger charge is 2.27. The molecule has 1 saturated heterocycles. The smallest absolute Gasteiger partial charge is 0.109 e. The van der Waals surface area contributed by atoms with Gasteiger partial charge in [0.15, 0.2) is 0 Å². The van der Waals surface area contributed by atoms with Crippen LogP contribution >= 0.6 is 12.4 Å². The summed E-state index contributed by atoms with van der Waals surface area (Å²) in [7, 11) is 0. The van der Waals surface area contributed by atoms with E-state index in [1.165, 1.54) is 11.1 Å². The highest BCUT2D eigenvalue weighted by molar-refractivity contribution is 5.85. The number of fused-ring (bicyclic) bond motifs is 1. The van der Waals surface area contributed by atoms with Crippen molar-refractivity contribution in [2.75, 3.05) is 0 Å². The van der Waals surface area contributed by atoms with Crippen molar-refractivity contribution in [3.05, 3.63) is 59.7 Å². The fraction of sp³-hybridized carbons (Fsp3) is 0.400. The Hall–Kier alpha value is -1.95. The quantitative estimate of drug-likeness (QED) is 0.737. The molecule has 1 fully saturated rings. The van der Waals surface area contributed by atoms with Gasteiger partial charge in [-0.05, 0) is 32.3 Å². The second kappa shape index (κ2) is 8.62. The molecule has 0 radical (unpaired) electrons. The van der Waals surface area contributed by atoms with Crippen LogP contribution in [0.3, 0.4) is 0 Å². The largest absolute Gasteiger partial charge is 0.412 e. The van der Waals surface area contributed by atoms with Crippen LogP contribution in [0.15, 0.2) is 42.7 Å². The predicted molar refractivity (Wildman–Crippen MR) is 107 cm³/mol. The fourth-order valence-electron chi connectivity index (χ4n) is 3.93. The molecule has 0 saturated carbocycles. The Morgan fingerprint density at radius 3 is 2.38 bits per heavy atom. The van der Waals surface area contributed by atoms with E-state index in [2.05, 4.69) is 64.4 Å². The Morgan fingerprint density at radius 1 is 1.00 bits per heavy atom. The molecule has 1 aromatic carbocycles. The predicted octanol–water partition coefficient (Wildman–Crippen LogP) is 3.34. The molecular weight excluding hydrogens is 348 g/mol. The van der Waals surface area contributed by atoms with E-state index >= 15 is 0 Å². The van der Waals surface area contributed by atoms with Crippen LogP contribution < -0.4 is 5.32 Å². The first-order valence-electron chi connectivity index (χ1n) is 8.81. The Kier molecular flexibility index (Phi) is 6.75. The van der Waals surface area contributed by atoms with Crippen LogP contribution in [-0.2, 0) is 6.42 Å². The lowest BCUT2D eigenvalue weighted by atomic mass is 9.88. The van der Waals surface area contributed by atoms with E-state index in [0.717, 1.165) is 36.5 Å². The summed E-state index contributed by atoms with van der Waals surface area (Å²) in [5, 5.41) is 3.60. The second-order valence-corrected chi connectivity index (χ2v) is 7.11. The summed E-state index contributed by atoms with van der Waals surface area (Å²) in [5.74, 6) is 1.59. The molecule has 6 heteroatoms. The SMILES string of the molecule is CC1CC(c2ncc3ncc(Cc4ccccc4)c-3[nH]2)CC(C)N1.Cl.O. The van der Waals surface area contributed by atoms with Gasteiger partial charge in [-0.3, -0.25) is 4.98 Å². The molecule has 2 unspecified atom stereocenters. The molecule has 2 atom stereocenters. The van der Waals surface area contributed by atoms with Crippen molar-refractivity contribution in [3.63, 3.8) is 0 Å². The average Bonchev–Trinajstić information content (AvgIpc) is 2.97. The average molecular weight is 375 g/mol. The number of piperidine rings is 1. The van der Waals surface area contributed by atoms with Crippen molar-refractivity contribution in [3.8, 4) is 11.4 Å². The van der Waals surface area contributed by atoms with Gasteiger partial charge < -0.3 is 15.8 Å². The van der Waals surface area contributed by atoms with Crippen molar-refractivity contribution in [2.24, 2.45) is 0 Å². The van der Waals surface area contributed by atoms with Crippen LogP contribution in [0.1, 0.15) is 49.6 Å². The van der Waals surface area contributed by atoms with Crippen LogP contribution in [-0.4, -0.2) is 32.5 Å². The number of benzene rings is 1. The van der Waals surface area contributed by atoms with Crippen molar-refractivity contribution in [2.45, 2.75) is 51.1 Å². The molecule has 0 aromatic heterocycles. The zero-order valence-electron chi connectivity index (χ0n) is 15.2. The number of nitrogens with one attached hydrogen (secondary N) is 2. The molecule has 3 aliphatic rings. The minimum absolute atomic E-state index is 0. The molecule has 3 aliphatic heterocycles. The first-order valence-corrected chi connectivity index (χ1v) is 8.81. The van der Waals surface area contributed by atoms with E-state index in [1.54, 1.807) is 0 Å². The molecule has 0 spiro atoms. The number of aromatic amines is 1. The summed E-state index contributed by atoms with van der Waals surface area (Å²) in [5.41, 5.74) is 4.65. The van der Waals surface area contributed by atoms with Gasteiger partial charge in [0, 0.05) is 36.2 Å². The maximum atomic E-state index is 4.67. The minimum atomic E-state index is 0. The highest BCUT2D eigenvalue weighted by atomic mass is 35.5. The highest BCUT2D eigenvalue weighted by Crippen LogP contribution is 2.31. The maximum Gasteiger partial charge on any atom is 0.109 e. The van der Waals surface area contributed by atoms with Gasteiger partial charge in [0.05, 0.1) is 11.9 Å². The third kappa shape index (κ3) is 4.23. The molecule has 140 valence electrons. The van der Waals surface area contributed by atoms with Crippen LogP contribution in [0.5, 0.6) is 0 Å². The maximum absolute atomic E-state index is 4.67. The van der Waals surface area contributed by atoms with Gasteiger partial charge in [0.1, 0.15) is 11.5 Å². The van der Waals surface area contributed by atoms with Gasteiger partial charge in [-0.15, -0.1) is 12.4 Å². The number of hydrogen-bond donors (Lipinski definition) is 2. The molecule has 0 bridgehead atoms. The number of H-pyrrole nitrogens is 1. The summed E-state index contributed by atoms with van der Waals surface area (Å²) < 4.78 is 0. The van der Waals surface area contributed by atoms with Gasteiger partial charge in [-0.25, -0.2) is 4.98 Å². The zero-order valence-corrected chi connectivity index (χ0v) is 16.0. The first-order chi connectivity index (χ1) is 11.7. The number of nitrogens with zero attached hydrogens (tertiary/aromatic N) is 2. The van der Waals surface area contributed by atoms with Gasteiger partial charge in [0.25, 0.3) is 0 Å². The molecular formula is C20H27ClN4O. The van der Waals surface area contributed by atoms with Gasteiger partial charge in [0.2, 0.25) is 0 Å². The van der Waals surface area contributed by atoms with E-state index in [-0.39, 0.29) is 17.9 Å². The molecule has 5 nitrogen and oxygen atoms in total. The Bertz CT molecular complexity index is 782. The molecule has 26 heavy (non-hydrogen) atoms. The molecule has 4 N–H and O–H groups in total. The molecule has 4 rings (SSSR count). The van der Waals surface area contributed by atoms with E-state index in [9.17, 15) is 0 Å². The molecule has 0 amide bonds. The first kappa shape index (κ1) is 20.4. The zero-order chi connectivity index (χ0) is 16.5. The topological polar surface area (TPSA) is 85.1 Å². The minimum Gasteiger partial charge on any atom is -0.412 e. The van der Waals surface area contributed by atoms with Crippen molar-refractivity contribution in [1.82, 2.24) is 20.3 Å². The van der Waals surface area contributed by atoms with E-state index in [4.69, 9.17) is 0 Å². The molecule has 3 heterocycles. The molecule has 1 aromatic rings. The number of rotatable bonds is 3. The fourth-order valence-corrected chi connectivity index (χ4v) is 3.93. The van der Waals surface area contributed by atoms with Gasteiger partial charge in [-0.1, -0.05) is 30.3 Å². The normalized spacial score (nSPS) is 22.5. The monoisotopic (exact) mass is 374 g/mol. The Balaban J connectivity index is 0.00000121. The van der Waals surface area contributed by atoms with Gasteiger partial charge in [-0.2, -0.15) is 0 Å². The van der Waals surface area contributed by atoms with Crippen LogP contribution in [0.4, 0.5) is 0 Å². The summed E-state index contributed by atoms with van der Waals surface area (Å²) in [6.07, 6.45) is 7.06. The van der Waals surface area contributed by atoms with Crippen LogP contribution in [0.25, 0.3) is 11.4 Å². The molecule has 0 aliphatic carbocycles. The van der Waals surface area contributed by atoms with Crippen molar-refractivity contribution in [1.29, 1.82) is 0 Å². The summed E-state index contributed by atoms with van der Waals surface area (Å²) in [6.45, 7) is 4.51. The lowest BCUT2D eigenvalue weighted by Gasteiger charge is -2.32. The van der Waals surface area contributed by atoms with Crippen molar-refractivity contribution < 1.29 is 5.48 Å². The summed E-state index contributed by atoms with van der Waals surface area (Å²) in [6, 6.07) is 11.6. The lowest BCUT2D eigenvalue weighted by Crippen LogP contribution is -2.41. The van der Waals surface area contributed by atoms with E-state index in [1.807, 2.05) is 12.4 Å². The van der Waals surface area contributed by atoms with Crippen LogP contribution in [0.2, 0.25) is 0 Å². The Labute approximate surface area is 160 Å². The standard InChI is InChI=1S/C20H24N4.ClH.H2O/c1-13-8-16(9-14(2)23-13)20-22-12-18-19(24-20)17(11-21-18)10-15-6-4-3-5-7-15;;/h3-7,11-14,16,23H,8-10H2,1-2H3,(H,22,24);1H;1H2. The van der Waals surface area contributed by atoms with Crippen LogP contribution in [0, 0.1) is 0 Å². The Morgan fingerprint density at radius 2 is 1.69 bits per heavy atom. The van der Waals surface area contributed by atoms with E-state index < -0.39 is 0 Å². The second-order valence-electron chi connectivity index (χ2n) is 7.11. The lowest BCUT2D eigenvalue weighted by molar-refractivity contribution is 0.309. The third-order valence-electron chi connectivity index (χ3n) is 4.98.